The van der Waals surface area contributed by atoms with Crippen molar-refractivity contribution in [1.82, 2.24) is 5.43 Å². The van der Waals surface area contributed by atoms with Crippen molar-refractivity contribution in [2.75, 3.05) is 14.2 Å². The van der Waals surface area contributed by atoms with E-state index in [0.717, 1.165) is 15.6 Å². The highest BCUT2D eigenvalue weighted by molar-refractivity contribution is 9.10. The number of hydrazone groups is 1. The molecule has 0 aliphatic heterocycles. The monoisotopic (exact) mass is 376 g/mol. The van der Waals surface area contributed by atoms with Gasteiger partial charge in [0.25, 0.3) is 5.91 Å². The average Bonchev–Trinajstić information content (AvgIpc) is 2.57. The number of hydrogen-bond donors (Lipinski definition) is 1. The molecule has 0 radical (unpaired) electrons. The number of halogens is 1. The summed E-state index contributed by atoms with van der Waals surface area (Å²) in [6, 6.07) is 10.7. The molecule has 2 aromatic carbocycles. The summed E-state index contributed by atoms with van der Waals surface area (Å²) in [7, 11) is 3.15. The first-order chi connectivity index (χ1) is 11.0. The molecule has 23 heavy (non-hydrogen) atoms. The molecular formula is C17H17BrN2O3. The molecule has 5 nitrogen and oxygen atoms in total. The molecule has 0 saturated carbocycles. The van der Waals surface area contributed by atoms with Gasteiger partial charge in [-0.2, -0.15) is 5.10 Å². The lowest BCUT2D eigenvalue weighted by Gasteiger charge is -2.07. The van der Waals surface area contributed by atoms with E-state index in [2.05, 4.69) is 26.5 Å². The SMILES string of the molecule is COc1ccc(C=NNC(=O)c2ccc(C)c(Br)c2)c(OC)c1. The Morgan fingerprint density at radius 2 is 1.96 bits per heavy atom. The molecule has 0 unspecified atom stereocenters. The second-order valence-corrected chi connectivity index (χ2v) is 5.63. The quantitative estimate of drug-likeness (QED) is 0.641. The minimum absolute atomic E-state index is 0.283. The predicted octanol–water partition coefficient (Wildman–Crippen LogP) is 3.54. The zero-order valence-electron chi connectivity index (χ0n) is 13.1. The summed E-state index contributed by atoms with van der Waals surface area (Å²) in [6.07, 6.45) is 1.53. The van der Waals surface area contributed by atoms with Gasteiger partial charge in [-0.3, -0.25) is 4.79 Å². The van der Waals surface area contributed by atoms with Crippen LogP contribution >= 0.6 is 15.9 Å². The predicted molar refractivity (Wildman–Crippen MR) is 93.5 cm³/mol. The van der Waals surface area contributed by atoms with Crippen LogP contribution in [0.4, 0.5) is 0 Å². The van der Waals surface area contributed by atoms with Gasteiger partial charge in [-0.25, -0.2) is 5.43 Å². The molecule has 2 aromatic rings. The summed E-state index contributed by atoms with van der Waals surface area (Å²) in [5.74, 6) is 1.02. The molecule has 0 spiro atoms. The lowest BCUT2D eigenvalue weighted by Crippen LogP contribution is -2.17. The summed E-state index contributed by atoms with van der Waals surface area (Å²) in [6.45, 7) is 1.96. The molecular weight excluding hydrogens is 360 g/mol. The van der Waals surface area contributed by atoms with Crippen molar-refractivity contribution in [2.45, 2.75) is 6.92 Å². The van der Waals surface area contributed by atoms with Gasteiger partial charge >= 0.3 is 0 Å². The molecule has 0 aliphatic carbocycles. The topological polar surface area (TPSA) is 59.9 Å². The summed E-state index contributed by atoms with van der Waals surface area (Å²) in [5, 5.41) is 3.97. The minimum Gasteiger partial charge on any atom is -0.497 e. The van der Waals surface area contributed by atoms with Crippen LogP contribution in [0.15, 0.2) is 46.0 Å². The maximum absolute atomic E-state index is 12.1. The highest BCUT2D eigenvalue weighted by atomic mass is 79.9. The first kappa shape index (κ1) is 17.0. The van der Waals surface area contributed by atoms with Gasteiger partial charge < -0.3 is 9.47 Å². The number of rotatable bonds is 5. The fourth-order valence-corrected chi connectivity index (χ4v) is 2.26. The van der Waals surface area contributed by atoms with Gasteiger partial charge in [-0.1, -0.05) is 22.0 Å². The van der Waals surface area contributed by atoms with E-state index in [4.69, 9.17) is 9.47 Å². The van der Waals surface area contributed by atoms with Crippen LogP contribution in [0.2, 0.25) is 0 Å². The Bertz CT molecular complexity index is 745. The van der Waals surface area contributed by atoms with Gasteiger partial charge in [-0.05, 0) is 36.8 Å². The summed E-state index contributed by atoms with van der Waals surface area (Å²) < 4.78 is 11.3. The van der Waals surface area contributed by atoms with Gasteiger partial charge in [0.1, 0.15) is 11.5 Å². The Hall–Kier alpha value is -2.34. The fraction of sp³-hybridized carbons (Fsp3) is 0.176. The molecule has 0 heterocycles. The number of ether oxygens (including phenoxy) is 2. The van der Waals surface area contributed by atoms with Crippen molar-refractivity contribution in [3.05, 3.63) is 57.6 Å². The molecule has 0 aliphatic rings. The van der Waals surface area contributed by atoms with E-state index in [9.17, 15) is 4.79 Å². The highest BCUT2D eigenvalue weighted by Gasteiger charge is 2.06. The number of carbonyl (C=O) groups is 1. The zero-order chi connectivity index (χ0) is 16.8. The number of carbonyl (C=O) groups excluding carboxylic acids is 1. The summed E-state index contributed by atoms with van der Waals surface area (Å²) in [5.41, 5.74) is 4.82. The van der Waals surface area contributed by atoms with Crippen LogP contribution in [0.25, 0.3) is 0 Å². The third-order valence-electron chi connectivity index (χ3n) is 3.24. The Balaban J connectivity index is 2.09. The van der Waals surface area contributed by atoms with Crippen LogP contribution < -0.4 is 14.9 Å². The van der Waals surface area contributed by atoms with Gasteiger partial charge in [-0.15, -0.1) is 0 Å². The number of methoxy groups -OCH3 is 2. The van der Waals surface area contributed by atoms with Crippen LogP contribution in [-0.4, -0.2) is 26.3 Å². The number of aryl methyl sites for hydroxylation is 1. The van der Waals surface area contributed by atoms with Crippen molar-refractivity contribution < 1.29 is 14.3 Å². The van der Waals surface area contributed by atoms with Crippen molar-refractivity contribution in [3.63, 3.8) is 0 Å². The lowest BCUT2D eigenvalue weighted by molar-refractivity contribution is 0.0955. The van der Waals surface area contributed by atoms with Crippen molar-refractivity contribution in [3.8, 4) is 11.5 Å². The first-order valence-electron chi connectivity index (χ1n) is 6.86. The van der Waals surface area contributed by atoms with Gasteiger partial charge in [0.2, 0.25) is 0 Å². The highest BCUT2D eigenvalue weighted by Crippen LogP contribution is 2.23. The number of benzene rings is 2. The maximum Gasteiger partial charge on any atom is 0.271 e. The Labute approximate surface area is 143 Å². The molecule has 2 rings (SSSR count). The number of nitrogens with zero attached hydrogens (tertiary/aromatic N) is 1. The van der Waals surface area contributed by atoms with Crippen molar-refractivity contribution >= 4 is 28.1 Å². The first-order valence-corrected chi connectivity index (χ1v) is 7.66. The van der Waals surface area contributed by atoms with E-state index >= 15 is 0 Å². The van der Waals surface area contributed by atoms with Gasteiger partial charge in [0, 0.05) is 21.7 Å². The van der Waals surface area contributed by atoms with Crippen LogP contribution in [0.5, 0.6) is 11.5 Å². The van der Waals surface area contributed by atoms with Crippen LogP contribution in [0.1, 0.15) is 21.5 Å². The van der Waals surface area contributed by atoms with Crippen LogP contribution in [0.3, 0.4) is 0 Å². The lowest BCUT2D eigenvalue weighted by atomic mass is 10.1. The zero-order valence-corrected chi connectivity index (χ0v) is 14.7. The summed E-state index contributed by atoms with van der Waals surface area (Å²) >= 11 is 3.40. The van der Waals surface area contributed by atoms with E-state index in [0.29, 0.717) is 17.1 Å². The molecule has 6 heteroatoms. The molecule has 0 aromatic heterocycles. The van der Waals surface area contributed by atoms with Crippen LogP contribution in [-0.2, 0) is 0 Å². The molecule has 1 amide bonds. The van der Waals surface area contributed by atoms with Crippen molar-refractivity contribution in [1.29, 1.82) is 0 Å². The van der Waals surface area contributed by atoms with Crippen molar-refractivity contribution in [2.24, 2.45) is 5.10 Å². The molecule has 0 fully saturated rings. The smallest absolute Gasteiger partial charge is 0.271 e. The van der Waals surface area contributed by atoms with E-state index in [1.807, 2.05) is 13.0 Å². The van der Waals surface area contributed by atoms with Gasteiger partial charge in [0.15, 0.2) is 0 Å². The summed E-state index contributed by atoms with van der Waals surface area (Å²) in [4.78, 5) is 12.1. The Morgan fingerprint density at radius 3 is 2.61 bits per heavy atom. The molecule has 0 saturated heterocycles. The molecule has 120 valence electrons. The standard InChI is InChI=1S/C17H17BrN2O3/c1-11-4-5-12(8-15(11)18)17(21)20-19-10-13-6-7-14(22-2)9-16(13)23-3/h4-10H,1-3H3,(H,20,21). The molecule has 0 atom stereocenters. The third-order valence-corrected chi connectivity index (χ3v) is 4.10. The number of hydrogen-bond acceptors (Lipinski definition) is 4. The number of nitrogens with one attached hydrogen (secondary N) is 1. The largest absolute Gasteiger partial charge is 0.497 e. The Morgan fingerprint density at radius 1 is 1.17 bits per heavy atom. The van der Waals surface area contributed by atoms with Crippen LogP contribution in [0, 0.1) is 6.92 Å². The average molecular weight is 377 g/mol. The third kappa shape index (κ3) is 4.32. The maximum atomic E-state index is 12.1. The minimum atomic E-state index is -0.283. The van der Waals surface area contributed by atoms with E-state index in [-0.39, 0.29) is 5.91 Å². The second-order valence-electron chi connectivity index (χ2n) is 4.77. The second kappa shape index (κ2) is 7.78. The fourth-order valence-electron chi connectivity index (χ4n) is 1.88. The molecule has 0 bridgehead atoms. The molecule has 1 N–H and O–H groups in total. The normalized spacial score (nSPS) is 10.6. The Kier molecular flexibility index (Phi) is 5.76. The van der Waals surface area contributed by atoms with E-state index in [1.165, 1.54) is 6.21 Å². The van der Waals surface area contributed by atoms with Gasteiger partial charge in [0.05, 0.1) is 20.4 Å². The van der Waals surface area contributed by atoms with E-state index < -0.39 is 0 Å². The van der Waals surface area contributed by atoms with E-state index in [1.54, 1.807) is 44.6 Å². The number of amides is 1.